The Kier molecular flexibility index (Phi) is 17.8. The Morgan fingerprint density at radius 2 is 1.00 bits per heavy atom. The smallest absolute Gasteiger partial charge is 0.0466 e. The number of hydrogen-bond donors (Lipinski definition) is 1. The molecule has 0 unspecified atom stereocenters. The fraction of sp³-hybridized carbons (Fsp3) is 1.00. The summed E-state index contributed by atoms with van der Waals surface area (Å²) in [5.74, 6) is 0. The quantitative estimate of drug-likeness (QED) is 0.397. The van der Waals surface area contributed by atoms with Gasteiger partial charge in [-0.3, -0.25) is 0 Å². The van der Waals surface area contributed by atoms with Crippen LogP contribution in [-0.2, 0) is 4.74 Å². The zero-order valence-electron chi connectivity index (χ0n) is 13.2. The van der Waals surface area contributed by atoms with Crippen LogP contribution in [0.2, 0.25) is 0 Å². The van der Waals surface area contributed by atoms with Crippen LogP contribution in [0.3, 0.4) is 0 Å². The van der Waals surface area contributed by atoms with Gasteiger partial charge < -0.3 is 9.84 Å². The summed E-state index contributed by atoms with van der Waals surface area (Å²) < 4.78 is 5.65. The molecule has 0 heterocycles. The van der Waals surface area contributed by atoms with Gasteiger partial charge in [-0.1, -0.05) is 71.1 Å². The van der Waals surface area contributed by atoms with Crippen LogP contribution in [-0.4, -0.2) is 24.9 Å². The van der Waals surface area contributed by atoms with E-state index in [4.69, 9.17) is 9.84 Å². The second-order valence-corrected chi connectivity index (χ2v) is 5.58. The van der Waals surface area contributed by atoms with Gasteiger partial charge in [-0.15, -0.1) is 0 Å². The van der Waals surface area contributed by atoms with E-state index in [1.807, 2.05) is 0 Å². The van der Waals surface area contributed by atoms with Gasteiger partial charge in [0.25, 0.3) is 0 Å². The fourth-order valence-corrected chi connectivity index (χ4v) is 2.29. The molecule has 2 nitrogen and oxygen atoms in total. The van der Waals surface area contributed by atoms with Gasteiger partial charge in [0, 0.05) is 19.8 Å². The third-order valence-corrected chi connectivity index (χ3v) is 3.59. The molecule has 0 aromatic rings. The Bertz CT molecular complexity index is 132. The third kappa shape index (κ3) is 17.9. The summed E-state index contributed by atoms with van der Waals surface area (Å²) in [6.45, 7) is 4.51. The lowest BCUT2D eigenvalue weighted by Crippen LogP contribution is -1.97. The molecule has 0 radical (unpaired) electrons. The molecule has 0 atom stereocenters. The first-order chi connectivity index (χ1) is 9.41. The Balaban J connectivity index is 2.88. The molecule has 0 saturated carbocycles. The highest BCUT2D eigenvalue weighted by Gasteiger charge is 1.93. The van der Waals surface area contributed by atoms with E-state index in [0.717, 1.165) is 19.6 Å². The van der Waals surface area contributed by atoms with Gasteiger partial charge in [0.2, 0.25) is 0 Å². The molecule has 1 N–H and O–H groups in total. The lowest BCUT2D eigenvalue weighted by molar-refractivity contribution is 0.125. The molecule has 0 aliphatic carbocycles. The van der Waals surface area contributed by atoms with E-state index in [1.165, 1.54) is 77.0 Å². The van der Waals surface area contributed by atoms with Crippen molar-refractivity contribution >= 4 is 0 Å². The molecule has 0 aromatic carbocycles. The van der Waals surface area contributed by atoms with Crippen molar-refractivity contribution in [1.82, 2.24) is 0 Å². The van der Waals surface area contributed by atoms with Gasteiger partial charge in [0.15, 0.2) is 0 Å². The highest BCUT2D eigenvalue weighted by Crippen LogP contribution is 2.08. The Morgan fingerprint density at radius 3 is 1.47 bits per heavy atom. The minimum Gasteiger partial charge on any atom is -0.396 e. The normalized spacial score (nSPS) is 11.1. The summed E-state index contributed by atoms with van der Waals surface area (Å²) >= 11 is 0. The van der Waals surface area contributed by atoms with Crippen LogP contribution in [0.15, 0.2) is 0 Å². The standard InChI is InChI=1S/C17H36O2/c1-2-3-4-5-7-10-13-16-19-17-14-11-8-6-9-12-15-18/h18H,2-17H2,1H3. The van der Waals surface area contributed by atoms with E-state index in [9.17, 15) is 0 Å². The van der Waals surface area contributed by atoms with E-state index < -0.39 is 0 Å². The van der Waals surface area contributed by atoms with Crippen LogP contribution >= 0.6 is 0 Å². The van der Waals surface area contributed by atoms with Crippen LogP contribution in [0, 0.1) is 0 Å². The molecule has 0 aliphatic heterocycles. The van der Waals surface area contributed by atoms with Crippen molar-refractivity contribution in [1.29, 1.82) is 0 Å². The lowest BCUT2D eigenvalue weighted by Gasteiger charge is -2.04. The Hall–Kier alpha value is -0.0800. The van der Waals surface area contributed by atoms with Crippen molar-refractivity contribution in [2.45, 2.75) is 90.4 Å². The predicted molar refractivity (Wildman–Crippen MR) is 83.6 cm³/mol. The van der Waals surface area contributed by atoms with Gasteiger partial charge in [0.05, 0.1) is 0 Å². The van der Waals surface area contributed by atoms with Crippen molar-refractivity contribution < 1.29 is 9.84 Å². The van der Waals surface area contributed by atoms with Crippen LogP contribution in [0.4, 0.5) is 0 Å². The SMILES string of the molecule is CCCCCCCCCOCCCCCCCCO. The van der Waals surface area contributed by atoms with Crippen molar-refractivity contribution in [2.75, 3.05) is 19.8 Å². The molecular weight excluding hydrogens is 236 g/mol. The maximum Gasteiger partial charge on any atom is 0.0466 e. The second kappa shape index (κ2) is 17.9. The van der Waals surface area contributed by atoms with Crippen molar-refractivity contribution in [3.8, 4) is 0 Å². The van der Waals surface area contributed by atoms with E-state index in [2.05, 4.69) is 6.92 Å². The van der Waals surface area contributed by atoms with Gasteiger partial charge in [-0.2, -0.15) is 0 Å². The lowest BCUT2D eigenvalue weighted by atomic mass is 10.1. The number of unbranched alkanes of at least 4 members (excludes halogenated alkanes) is 11. The molecule has 2 heteroatoms. The maximum absolute atomic E-state index is 8.65. The Labute approximate surface area is 120 Å². The average Bonchev–Trinajstić information content (AvgIpc) is 2.43. The van der Waals surface area contributed by atoms with E-state index >= 15 is 0 Å². The van der Waals surface area contributed by atoms with Gasteiger partial charge in [-0.05, 0) is 19.3 Å². The molecular formula is C17H36O2. The molecule has 0 aliphatic rings. The first-order valence-electron chi connectivity index (χ1n) is 8.60. The van der Waals surface area contributed by atoms with Crippen LogP contribution in [0.25, 0.3) is 0 Å². The number of aliphatic hydroxyl groups is 1. The van der Waals surface area contributed by atoms with Crippen molar-refractivity contribution in [3.05, 3.63) is 0 Å². The van der Waals surface area contributed by atoms with Crippen LogP contribution in [0.1, 0.15) is 90.4 Å². The van der Waals surface area contributed by atoms with E-state index in [-0.39, 0.29) is 0 Å². The van der Waals surface area contributed by atoms with Crippen molar-refractivity contribution in [3.63, 3.8) is 0 Å². The average molecular weight is 272 g/mol. The molecule has 0 saturated heterocycles. The second-order valence-electron chi connectivity index (χ2n) is 5.58. The Morgan fingerprint density at radius 1 is 0.579 bits per heavy atom. The number of aliphatic hydroxyl groups excluding tert-OH is 1. The molecule has 0 fully saturated rings. The third-order valence-electron chi connectivity index (χ3n) is 3.59. The first kappa shape index (κ1) is 18.9. The largest absolute Gasteiger partial charge is 0.396 e. The summed E-state index contributed by atoms with van der Waals surface area (Å²) in [5, 5.41) is 8.65. The fourth-order valence-electron chi connectivity index (χ4n) is 2.29. The topological polar surface area (TPSA) is 29.5 Å². The van der Waals surface area contributed by atoms with Gasteiger partial charge in [0.1, 0.15) is 0 Å². The van der Waals surface area contributed by atoms with Gasteiger partial charge >= 0.3 is 0 Å². The maximum atomic E-state index is 8.65. The number of rotatable bonds is 16. The molecule has 0 bridgehead atoms. The van der Waals surface area contributed by atoms with E-state index in [1.54, 1.807) is 0 Å². The number of ether oxygens (including phenoxy) is 1. The number of hydrogen-bond acceptors (Lipinski definition) is 2. The monoisotopic (exact) mass is 272 g/mol. The zero-order valence-corrected chi connectivity index (χ0v) is 13.2. The highest BCUT2D eigenvalue weighted by molar-refractivity contribution is 4.46. The molecule has 19 heavy (non-hydrogen) atoms. The van der Waals surface area contributed by atoms with Crippen LogP contribution < -0.4 is 0 Å². The minimum absolute atomic E-state index is 0.349. The van der Waals surface area contributed by atoms with Crippen LogP contribution in [0.5, 0.6) is 0 Å². The molecule has 0 rings (SSSR count). The summed E-state index contributed by atoms with van der Waals surface area (Å²) in [4.78, 5) is 0. The van der Waals surface area contributed by atoms with Crippen molar-refractivity contribution in [2.24, 2.45) is 0 Å². The zero-order chi connectivity index (χ0) is 14.0. The predicted octanol–water partition coefficient (Wildman–Crippen LogP) is 5.09. The van der Waals surface area contributed by atoms with Gasteiger partial charge in [-0.25, -0.2) is 0 Å². The highest BCUT2D eigenvalue weighted by atomic mass is 16.5. The molecule has 0 amide bonds. The summed E-state index contributed by atoms with van der Waals surface area (Å²) in [7, 11) is 0. The molecule has 0 aromatic heterocycles. The summed E-state index contributed by atoms with van der Waals surface area (Å²) in [6.07, 6.45) is 16.7. The van der Waals surface area contributed by atoms with E-state index in [0.29, 0.717) is 6.61 Å². The minimum atomic E-state index is 0.349. The molecule has 0 spiro atoms. The summed E-state index contributed by atoms with van der Waals surface area (Å²) in [6, 6.07) is 0. The molecule has 116 valence electrons. The summed E-state index contributed by atoms with van der Waals surface area (Å²) in [5.41, 5.74) is 0. The first-order valence-corrected chi connectivity index (χ1v) is 8.60.